The number of hydrogen-bond acceptors (Lipinski definition) is 3. The molecule has 0 unspecified atom stereocenters. The number of nitrogens with zero attached hydrogens (tertiary/aromatic N) is 1. The monoisotopic (exact) mass is 269 g/mol. The van der Waals surface area contributed by atoms with Crippen LogP contribution in [0.2, 0.25) is 0 Å². The molecule has 3 N–H and O–H groups in total. The van der Waals surface area contributed by atoms with Crippen LogP contribution in [0.1, 0.15) is 35.0 Å². The number of nitrogens with two attached hydrogens (primary N) is 1. The number of carbonyl (C=O) groups excluding carboxylic acids is 1. The van der Waals surface area contributed by atoms with E-state index in [1.807, 2.05) is 30.3 Å². The van der Waals surface area contributed by atoms with Gasteiger partial charge in [0, 0.05) is 17.8 Å². The lowest BCUT2D eigenvalue weighted by Gasteiger charge is -2.08. The molecule has 1 aromatic heterocycles. The second-order valence-electron chi connectivity index (χ2n) is 4.69. The van der Waals surface area contributed by atoms with E-state index in [0.717, 1.165) is 24.1 Å². The van der Waals surface area contributed by atoms with Crippen molar-refractivity contribution < 1.29 is 4.79 Å². The number of nitrogens with one attached hydrogen (secondary N) is 1. The number of aryl methyl sites for hydroxylation is 1. The molecule has 0 saturated heterocycles. The van der Waals surface area contributed by atoms with Crippen molar-refractivity contribution in [2.45, 2.75) is 26.3 Å². The Balaban J connectivity index is 2.05. The third-order valence-corrected chi connectivity index (χ3v) is 2.96. The van der Waals surface area contributed by atoms with Gasteiger partial charge in [-0.25, -0.2) is 4.98 Å². The molecule has 0 radical (unpaired) electrons. The molecule has 2 rings (SSSR count). The number of nitrogen functional groups attached to an aromatic ring is 1. The van der Waals surface area contributed by atoms with Crippen molar-refractivity contribution in [3.8, 4) is 0 Å². The molecule has 1 aromatic carbocycles. The van der Waals surface area contributed by atoms with Crippen LogP contribution in [-0.2, 0) is 13.0 Å². The number of hydrogen-bond donors (Lipinski definition) is 2. The summed E-state index contributed by atoms with van der Waals surface area (Å²) < 4.78 is 0. The van der Waals surface area contributed by atoms with Gasteiger partial charge in [-0.1, -0.05) is 43.7 Å². The van der Waals surface area contributed by atoms with Crippen molar-refractivity contribution in [1.29, 1.82) is 0 Å². The minimum atomic E-state index is -0.125. The van der Waals surface area contributed by atoms with Crippen LogP contribution < -0.4 is 11.1 Å². The van der Waals surface area contributed by atoms with E-state index < -0.39 is 0 Å². The van der Waals surface area contributed by atoms with Gasteiger partial charge >= 0.3 is 0 Å². The van der Waals surface area contributed by atoms with Gasteiger partial charge in [-0.05, 0) is 24.1 Å². The Morgan fingerprint density at radius 2 is 2.00 bits per heavy atom. The van der Waals surface area contributed by atoms with Crippen LogP contribution in [0.5, 0.6) is 0 Å². The molecule has 0 atom stereocenters. The Morgan fingerprint density at radius 1 is 1.25 bits per heavy atom. The first kappa shape index (κ1) is 14.1. The van der Waals surface area contributed by atoms with Crippen molar-refractivity contribution in [3.05, 3.63) is 59.3 Å². The van der Waals surface area contributed by atoms with Crippen LogP contribution in [0, 0.1) is 0 Å². The molecule has 0 aliphatic carbocycles. The van der Waals surface area contributed by atoms with Gasteiger partial charge in [0.15, 0.2) is 0 Å². The summed E-state index contributed by atoms with van der Waals surface area (Å²) in [6.45, 7) is 2.57. The maximum atomic E-state index is 12.1. The molecule has 2 aromatic rings. The molecule has 104 valence electrons. The predicted octanol–water partition coefficient (Wildman–Crippen LogP) is 2.55. The van der Waals surface area contributed by atoms with Gasteiger partial charge in [-0.15, -0.1) is 0 Å². The maximum absolute atomic E-state index is 12.1. The zero-order chi connectivity index (χ0) is 14.4. The fraction of sp³-hybridized carbons (Fsp3) is 0.250. The molecule has 0 bridgehead atoms. The Bertz CT molecular complexity index is 582. The third kappa shape index (κ3) is 3.82. The summed E-state index contributed by atoms with van der Waals surface area (Å²) >= 11 is 0. The van der Waals surface area contributed by atoms with Crippen molar-refractivity contribution in [3.63, 3.8) is 0 Å². The lowest BCUT2D eigenvalue weighted by molar-refractivity contribution is 0.0950. The summed E-state index contributed by atoms with van der Waals surface area (Å²) in [6.07, 6.45) is 1.80. The number of rotatable bonds is 5. The molecular formula is C16H19N3O. The van der Waals surface area contributed by atoms with Crippen LogP contribution in [0.3, 0.4) is 0 Å². The third-order valence-electron chi connectivity index (χ3n) is 2.96. The van der Waals surface area contributed by atoms with E-state index in [2.05, 4.69) is 17.2 Å². The van der Waals surface area contributed by atoms with Crippen molar-refractivity contribution >= 4 is 11.7 Å². The Kier molecular flexibility index (Phi) is 4.71. The quantitative estimate of drug-likeness (QED) is 0.876. The highest BCUT2D eigenvalue weighted by Crippen LogP contribution is 2.10. The molecule has 4 nitrogen and oxygen atoms in total. The van der Waals surface area contributed by atoms with E-state index in [9.17, 15) is 4.79 Å². The van der Waals surface area contributed by atoms with E-state index >= 15 is 0 Å². The zero-order valence-corrected chi connectivity index (χ0v) is 11.6. The number of amides is 1. The highest BCUT2D eigenvalue weighted by molar-refractivity contribution is 5.94. The molecule has 1 heterocycles. The minimum Gasteiger partial charge on any atom is -0.384 e. The standard InChI is InChI=1S/C16H19N3O/c1-2-6-14-9-13(10-15(17)19-14)16(20)18-11-12-7-4-3-5-8-12/h3-5,7-10H,2,6,11H2,1H3,(H2,17,19)(H,18,20). The fourth-order valence-corrected chi connectivity index (χ4v) is 2.01. The average Bonchev–Trinajstić information content (AvgIpc) is 2.45. The number of pyridine rings is 1. The SMILES string of the molecule is CCCc1cc(C(=O)NCc2ccccc2)cc(N)n1. The number of benzene rings is 1. The fourth-order valence-electron chi connectivity index (χ4n) is 2.01. The Morgan fingerprint density at radius 3 is 2.70 bits per heavy atom. The average molecular weight is 269 g/mol. The van der Waals surface area contributed by atoms with Crippen LogP contribution in [0.25, 0.3) is 0 Å². The van der Waals surface area contributed by atoms with Gasteiger partial charge in [-0.2, -0.15) is 0 Å². The predicted molar refractivity (Wildman–Crippen MR) is 80.3 cm³/mol. The lowest BCUT2D eigenvalue weighted by atomic mass is 10.1. The first-order valence-electron chi connectivity index (χ1n) is 6.77. The van der Waals surface area contributed by atoms with E-state index in [0.29, 0.717) is 17.9 Å². The lowest BCUT2D eigenvalue weighted by Crippen LogP contribution is -2.23. The summed E-state index contributed by atoms with van der Waals surface area (Å²) in [5, 5.41) is 2.89. The van der Waals surface area contributed by atoms with Gasteiger partial charge in [0.05, 0.1) is 0 Å². The van der Waals surface area contributed by atoms with Crippen LogP contribution in [0.15, 0.2) is 42.5 Å². The number of anilines is 1. The topological polar surface area (TPSA) is 68.0 Å². The van der Waals surface area contributed by atoms with Crippen molar-refractivity contribution in [2.75, 3.05) is 5.73 Å². The molecule has 20 heavy (non-hydrogen) atoms. The highest BCUT2D eigenvalue weighted by Gasteiger charge is 2.08. The molecule has 0 aliphatic rings. The van der Waals surface area contributed by atoms with Gasteiger partial charge in [0.1, 0.15) is 5.82 Å². The van der Waals surface area contributed by atoms with Crippen LogP contribution >= 0.6 is 0 Å². The van der Waals surface area contributed by atoms with E-state index in [4.69, 9.17) is 5.73 Å². The van der Waals surface area contributed by atoms with E-state index in [1.54, 1.807) is 12.1 Å². The molecular weight excluding hydrogens is 250 g/mol. The maximum Gasteiger partial charge on any atom is 0.251 e. The van der Waals surface area contributed by atoms with Gasteiger partial charge in [0.2, 0.25) is 0 Å². The minimum absolute atomic E-state index is 0.125. The Hall–Kier alpha value is -2.36. The normalized spacial score (nSPS) is 10.2. The van der Waals surface area contributed by atoms with Gasteiger partial charge in [0.25, 0.3) is 5.91 Å². The number of aromatic nitrogens is 1. The van der Waals surface area contributed by atoms with E-state index in [-0.39, 0.29) is 5.91 Å². The first-order chi connectivity index (χ1) is 9.69. The van der Waals surface area contributed by atoms with Crippen LogP contribution in [0.4, 0.5) is 5.82 Å². The summed E-state index contributed by atoms with van der Waals surface area (Å²) in [4.78, 5) is 16.4. The molecule has 4 heteroatoms. The van der Waals surface area contributed by atoms with E-state index in [1.165, 1.54) is 0 Å². The van der Waals surface area contributed by atoms with Crippen LogP contribution in [-0.4, -0.2) is 10.9 Å². The Labute approximate surface area is 119 Å². The molecule has 0 fully saturated rings. The molecule has 0 aliphatic heterocycles. The van der Waals surface area contributed by atoms with Gasteiger partial charge < -0.3 is 11.1 Å². The summed E-state index contributed by atoms with van der Waals surface area (Å²) in [5.74, 6) is 0.265. The highest BCUT2D eigenvalue weighted by atomic mass is 16.1. The second-order valence-corrected chi connectivity index (χ2v) is 4.69. The molecule has 0 saturated carbocycles. The summed E-state index contributed by atoms with van der Waals surface area (Å²) in [6, 6.07) is 13.2. The second kappa shape index (κ2) is 6.70. The first-order valence-corrected chi connectivity index (χ1v) is 6.77. The van der Waals surface area contributed by atoms with Crippen molar-refractivity contribution in [2.24, 2.45) is 0 Å². The molecule has 1 amide bonds. The summed E-state index contributed by atoms with van der Waals surface area (Å²) in [7, 11) is 0. The molecule has 0 spiro atoms. The summed E-state index contributed by atoms with van der Waals surface area (Å²) in [5.41, 5.74) is 8.24. The number of carbonyl (C=O) groups is 1. The zero-order valence-electron chi connectivity index (χ0n) is 11.6. The van der Waals surface area contributed by atoms with Gasteiger partial charge in [-0.3, -0.25) is 4.79 Å². The smallest absolute Gasteiger partial charge is 0.251 e. The largest absolute Gasteiger partial charge is 0.384 e. The van der Waals surface area contributed by atoms with Crippen molar-refractivity contribution in [1.82, 2.24) is 10.3 Å².